The Bertz CT molecular complexity index is 1590. The second kappa shape index (κ2) is 13.7. The van der Waals surface area contributed by atoms with Gasteiger partial charge in [0, 0.05) is 42.0 Å². The third-order valence-electron chi connectivity index (χ3n) is 8.36. The van der Waals surface area contributed by atoms with Gasteiger partial charge in [0.15, 0.2) is 17.9 Å². The van der Waals surface area contributed by atoms with Crippen LogP contribution < -0.4 is 10.5 Å². The molecule has 16 nitrogen and oxygen atoms in total. The number of methoxy groups -OCH3 is 1. The van der Waals surface area contributed by atoms with Gasteiger partial charge >= 0.3 is 11.9 Å². The first-order chi connectivity index (χ1) is 22.1. The van der Waals surface area contributed by atoms with Gasteiger partial charge in [-0.1, -0.05) is 12.1 Å². The van der Waals surface area contributed by atoms with Gasteiger partial charge in [-0.05, 0) is 13.0 Å². The Balaban J connectivity index is 0.000000555. The summed E-state index contributed by atoms with van der Waals surface area (Å²) >= 11 is 0. The third kappa shape index (κ3) is 6.69. The molecule has 5 unspecified atom stereocenters. The van der Waals surface area contributed by atoms with Gasteiger partial charge in [-0.15, -0.1) is 0 Å². The van der Waals surface area contributed by atoms with Gasteiger partial charge in [-0.25, -0.2) is 0 Å². The molecule has 0 amide bonds. The van der Waals surface area contributed by atoms with E-state index in [0.717, 1.165) is 0 Å². The number of fused-ring (bicyclic) bond motifs is 3. The van der Waals surface area contributed by atoms with Crippen molar-refractivity contribution in [1.29, 1.82) is 0 Å². The van der Waals surface area contributed by atoms with E-state index in [0.29, 0.717) is 0 Å². The maximum Gasteiger partial charge on any atom is 0.303 e. The van der Waals surface area contributed by atoms with Crippen LogP contribution in [-0.2, 0) is 30.3 Å². The molecule has 0 saturated carbocycles. The van der Waals surface area contributed by atoms with Crippen molar-refractivity contribution < 1.29 is 73.9 Å². The van der Waals surface area contributed by atoms with Crippen LogP contribution in [0, 0.1) is 0 Å². The summed E-state index contributed by atoms with van der Waals surface area (Å²) in [4.78, 5) is 59.0. The molecule has 3 aliphatic rings. The molecule has 0 aromatic heterocycles. The second-order valence-corrected chi connectivity index (χ2v) is 11.4. The minimum Gasteiger partial charge on any atom is -0.507 e. The number of ketones is 3. The summed E-state index contributed by atoms with van der Waals surface area (Å²) in [7, 11) is 1.32. The quantitative estimate of drug-likeness (QED) is 0.147. The Labute approximate surface area is 266 Å². The van der Waals surface area contributed by atoms with E-state index in [2.05, 4.69) is 0 Å². The van der Waals surface area contributed by atoms with Gasteiger partial charge in [0.1, 0.15) is 29.5 Å². The normalized spacial score (nSPS) is 26.2. The van der Waals surface area contributed by atoms with Crippen LogP contribution in [0.5, 0.6) is 17.2 Å². The Morgan fingerprint density at radius 1 is 1.02 bits per heavy atom. The van der Waals surface area contributed by atoms with Crippen LogP contribution in [0.4, 0.5) is 0 Å². The highest BCUT2D eigenvalue weighted by molar-refractivity contribution is 6.31. The molecule has 47 heavy (non-hydrogen) atoms. The number of nitrogens with two attached hydrogens (primary N) is 1. The summed E-state index contributed by atoms with van der Waals surface area (Å²) in [6.07, 6.45) is -5.72. The van der Waals surface area contributed by atoms with Crippen molar-refractivity contribution in [2.45, 2.75) is 75.3 Å². The monoisotopic (exact) mass is 661 g/mol. The Kier molecular flexibility index (Phi) is 10.3. The SMILES string of the molecule is COc1cccc2c1C(=O)c1c(O)c3c(c(O)c1C2=O)C[C@@](O)(C(=O)CO)CC3OC1CC(N)C(O)C(C)O1.O=C(O)CCC(=O)O. The lowest BCUT2D eigenvalue weighted by Crippen LogP contribution is -2.53. The number of aliphatic hydroxyl groups excluding tert-OH is 2. The van der Waals surface area contributed by atoms with E-state index in [9.17, 15) is 49.5 Å². The number of ether oxygens (including phenoxy) is 3. The van der Waals surface area contributed by atoms with E-state index >= 15 is 0 Å². The molecule has 1 fully saturated rings. The topological polar surface area (TPSA) is 281 Å². The molecule has 2 aromatic carbocycles. The number of phenolic OH excluding ortho intramolecular Hbond substituents is 2. The maximum atomic E-state index is 13.6. The van der Waals surface area contributed by atoms with Crippen LogP contribution in [0.2, 0.25) is 0 Å². The van der Waals surface area contributed by atoms with E-state index in [-0.39, 0.29) is 47.3 Å². The molecule has 5 rings (SSSR count). The lowest BCUT2D eigenvalue weighted by Gasteiger charge is -2.42. The molecular formula is C31H35NO15. The lowest BCUT2D eigenvalue weighted by atomic mass is 9.72. The van der Waals surface area contributed by atoms with Crippen LogP contribution in [0.1, 0.15) is 81.7 Å². The fourth-order valence-corrected chi connectivity index (χ4v) is 5.96. The van der Waals surface area contributed by atoms with E-state index in [4.69, 9.17) is 30.2 Å². The van der Waals surface area contributed by atoms with E-state index in [1.165, 1.54) is 25.3 Å². The summed E-state index contributed by atoms with van der Waals surface area (Å²) in [5.74, 6) is -5.93. The highest BCUT2D eigenvalue weighted by Crippen LogP contribution is 2.52. The average Bonchev–Trinajstić information content (AvgIpc) is 3.02. The first kappa shape index (κ1) is 35.4. The highest BCUT2D eigenvalue weighted by Gasteiger charge is 2.50. The molecule has 2 aliphatic carbocycles. The minimum absolute atomic E-state index is 0.0173. The predicted octanol–water partition coefficient (Wildman–Crippen LogP) is -0.0629. The second-order valence-electron chi connectivity index (χ2n) is 11.4. The van der Waals surface area contributed by atoms with Crippen LogP contribution >= 0.6 is 0 Å². The largest absolute Gasteiger partial charge is 0.507 e. The molecule has 1 saturated heterocycles. The molecular weight excluding hydrogens is 626 g/mol. The van der Waals surface area contributed by atoms with Crippen LogP contribution in [0.15, 0.2) is 18.2 Å². The average molecular weight is 662 g/mol. The van der Waals surface area contributed by atoms with Gasteiger partial charge in [0.2, 0.25) is 5.78 Å². The van der Waals surface area contributed by atoms with Crippen molar-refractivity contribution in [3.8, 4) is 17.2 Å². The summed E-state index contributed by atoms with van der Waals surface area (Å²) in [6.45, 7) is 0.560. The maximum absolute atomic E-state index is 13.6. The number of carbonyl (C=O) groups is 5. The molecule has 9 N–H and O–H groups in total. The number of aliphatic hydroxyl groups is 3. The fourth-order valence-electron chi connectivity index (χ4n) is 5.96. The Hall–Kier alpha value is -4.45. The van der Waals surface area contributed by atoms with Gasteiger partial charge in [0.05, 0.1) is 55.0 Å². The minimum atomic E-state index is -2.24. The van der Waals surface area contributed by atoms with E-state index in [1.807, 2.05) is 0 Å². The zero-order valence-electron chi connectivity index (χ0n) is 25.3. The third-order valence-corrected chi connectivity index (χ3v) is 8.36. The van der Waals surface area contributed by atoms with Crippen molar-refractivity contribution in [3.05, 3.63) is 51.6 Å². The van der Waals surface area contributed by atoms with Crippen LogP contribution in [0.3, 0.4) is 0 Å². The van der Waals surface area contributed by atoms with Crippen LogP contribution in [0.25, 0.3) is 0 Å². The highest BCUT2D eigenvalue weighted by atomic mass is 16.7. The molecule has 2 aromatic rings. The van der Waals surface area contributed by atoms with Gasteiger partial charge < -0.3 is 55.7 Å². The Morgan fingerprint density at radius 3 is 2.19 bits per heavy atom. The smallest absolute Gasteiger partial charge is 0.303 e. The molecule has 0 spiro atoms. The summed E-state index contributed by atoms with van der Waals surface area (Å²) in [5, 5.41) is 69.5. The molecule has 254 valence electrons. The molecule has 16 heteroatoms. The standard InChI is InChI=1S/C27H29NO11.C4H6O4/c1-10-22(31)13(28)6-17(38-10)39-15-8-27(36,16(30)9-29)7-12-19(15)26(35)21-20(24(12)33)23(32)11-4-3-5-14(37-2)18(11)25(21)34;5-3(6)1-2-4(7)8/h3-5,10,13,15,17,22,29,31,33,35-36H,6-9,28H2,1-2H3;1-2H2,(H,5,6)(H,7,8)/t10?,13?,15?,17?,22?,27-;/m0./s1. The Morgan fingerprint density at radius 2 is 1.64 bits per heavy atom. The number of aromatic hydroxyl groups is 2. The number of Topliss-reactive ketones (excluding diaryl/α,β-unsaturated/α-hetero) is 1. The van der Waals surface area contributed by atoms with Crippen molar-refractivity contribution in [1.82, 2.24) is 0 Å². The van der Waals surface area contributed by atoms with Crippen molar-refractivity contribution >= 4 is 29.3 Å². The van der Waals surface area contributed by atoms with Crippen LogP contribution in [-0.4, -0.2) is 109 Å². The fraction of sp³-hybridized carbons (Fsp3) is 0.452. The summed E-state index contributed by atoms with van der Waals surface area (Å²) in [5.41, 5.74) is 2.37. The number of carbonyl (C=O) groups excluding carboxylic acids is 3. The van der Waals surface area contributed by atoms with E-state index in [1.54, 1.807) is 6.92 Å². The molecule has 6 atom stereocenters. The van der Waals surface area contributed by atoms with Gasteiger partial charge in [0.25, 0.3) is 0 Å². The number of hydrogen-bond acceptors (Lipinski definition) is 14. The van der Waals surface area contributed by atoms with Crippen molar-refractivity contribution in [2.75, 3.05) is 13.7 Å². The number of aliphatic carboxylic acids is 2. The molecule has 1 heterocycles. The van der Waals surface area contributed by atoms with E-state index < -0.39 is 108 Å². The number of phenols is 2. The molecule has 1 aliphatic heterocycles. The first-order valence-corrected chi connectivity index (χ1v) is 14.5. The zero-order valence-corrected chi connectivity index (χ0v) is 25.3. The summed E-state index contributed by atoms with van der Waals surface area (Å²) < 4.78 is 17.0. The summed E-state index contributed by atoms with van der Waals surface area (Å²) in [6, 6.07) is 3.64. The number of rotatable bonds is 8. The van der Waals surface area contributed by atoms with Crippen molar-refractivity contribution in [2.24, 2.45) is 5.73 Å². The van der Waals surface area contributed by atoms with Crippen molar-refractivity contribution in [3.63, 3.8) is 0 Å². The molecule has 0 bridgehead atoms. The zero-order chi connectivity index (χ0) is 35.0. The number of carboxylic acids is 2. The first-order valence-electron chi connectivity index (χ1n) is 14.5. The number of benzene rings is 2. The number of carboxylic acid groups (broad SMARTS) is 2. The molecule has 0 radical (unpaired) electrons. The lowest BCUT2D eigenvalue weighted by molar-refractivity contribution is -0.247. The number of hydrogen-bond donors (Lipinski definition) is 8. The predicted molar refractivity (Wildman–Crippen MR) is 156 cm³/mol. The van der Waals surface area contributed by atoms with Gasteiger partial charge in [-0.3, -0.25) is 24.0 Å². The van der Waals surface area contributed by atoms with Gasteiger partial charge in [-0.2, -0.15) is 0 Å².